The topological polar surface area (TPSA) is 4.36 Å². The van der Waals surface area contributed by atoms with Crippen molar-refractivity contribution in [1.82, 2.24) is 0 Å². The molecule has 2 heteroatoms. The number of benzene rings is 2. The van der Waals surface area contributed by atoms with E-state index in [0.717, 1.165) is 11.1 Å². The number of hydrogen-bond donors (Lipinski definition) is 0. The Bertz CT molecular complexity index is 512. The Morgan fingerprint density at radius 2 is 1.73 bits per heavy atom. The smallest absolute Gasteiger partial charge is 0.196 e. The van der Waals surface area contributed by atoms with Gasteiger partial charge in [-0.3, -0.25) is 0 Å². The van der Waals surface area contributed by atoms with Gasteiger partial charge in [0.15, 0.2) is 5.69 Å². The van der Waals surface area contributed by atoms with Gasteiger partial charge in [-0.05, 0) is 23.3 Å². The molecule has 0 aliphatic rings. The van der Waals surface area contributed by atoms with E-state index in [-0.39, 0.29) is 0 Å². The molecule has 72 valence electrons. The van der Waals surface area contributed by atoms with Gasteiger partial charge in [-0.15, -0.1) is 0 Å². The summed E-state index contributed by atoms with van der Waals surface area (Å²) in [6, 6.07) is 15.2. The van der Waals surface area contributed by atoms with E-state index in [9.17, 15) is 0 Å². The first-order valence-corrected chi connectivity index (χ1v) is 4.91. The van der Waals surface area contributed by atoms with Crippen molar-refractivity contribution in [3.05, 3.63) is 65.0 Å². The lowest BCUT2D eigenvalue weighted by molar-refractivity contribution is 1.62. The molecular weight excluding hydrogens is 206 g/mol. The Balaban J connectivity index is 2.60. The Morgan fingerprint density at radius 1 is 1.00 bits per heavy atom. The van der Waals surface area contributed by atoms with E-state index in [1.54, 1.807) is 12.1 Å². The number of halogens is 1. The van der Waals surface area contributed by atoms with Crippen LogP contribution in [0.15, 0.2) is 48.5 Å². The monoisotopic (exact) mass is 213 g/mol. The molecule has 2 aromatic rings. The van der Waals surface area contributed by atoms with Crippen molar-refractivity contribution in [1.29, 1.82) is 0 Å². The van der Waals surface area contributed by atoms with E-state index in [1.807, 2.05) is 36.4 Å². The summed E-state index contributed by atoms with van der Waals surface area (Å²) in [7, 11) is 0. The molecule has 0 unspecified atom stereocenters. The zero-order valence-corrected chi connectivity index (χ0v) is 8.70. The summed E-state index contributed by atoms with van der Waals surface area (Å²) in [4.78, 5) is 3.47. The SMILES string of the molecule is [C-]#[N+]c1cc(Cl)ccc1-c1ccccc1. The van der Waals surface area contributed by atoms with Crippen LogP contribution in [-0.2, 0) is 0 Å². The molecule has 2 aromatic carbocycles. The normalized spacial score (nSPS) is 9.60. The van der Waals surface area contributed by atoms with E-state index in [1.165, 1.54) is 0 Å². The maximum absolute atomic E-state index is 7.10. The Kier molecular flexibility index (Phi) is 2.71. The summed E-state index contributed by atoms with van der Waals surface area (Å²) >= 11 is 5.84. The first kappa shape index (κ1) is 9.76. The van der Waals surface area contributed by atoms with Crippen molar-refractivity contribution in [3.63, 3.8) is 0 Å². The zero-order chi connectivity index (χ0) is 10.7. The molecule has 0 heterocycles. The van der Waals surface area contributed by atoms with E-state index >= 15 is 0 Å². The highest BCUT2D eigenvalue weighted by Crippen LogP contribution is 2.32. The van der Waals surface area contributed by atoms with Gasteiger partial charge >= 0.3 is 0 Å². The molecule has 0 saturated heterocycles. The predicted octanol–water partition coefficient (Wildman–Crippen LogP) is 4.56. The molecule has 0 aromatic heterocycles. The van der Waals surface area contributed by atoms with E-state index in [2.05, 4.69) is 4.85 Å². The van der Waals surface area contributed by atoms with Gasteiger partial charge in [0.2, 0.25) is 0 Å². The van der Waals surface area contributed by atoms with Crippen LogP contribution in [0.3, 0.4) is 0 Å². The van der Waals surface area contributed by atoms with Gasteiger partial charge in [0.05, 0.1) is 6.57 Å². The number of rotatable bonds is 1. The summed E-state index contributed by atoms with van der Waals surface area (Å²) in [5.74, 6) is 0. The Morgan fingerprint density at radius 3 is 2.40 bits per heavy atom. The second kappa shape index (κ2) is 4.16. The number of nitrogens with zero attached hydrogens (tertiary/aromatic N) is 1. The molecule has 0 spiro atoms. The molecule has 0 N–H and O–H groups in total. The summed E-state index contributed by atoms with van der Waals surface area (Å²) in [5.41, 5.74) is 2.56. The van der Waals surface area contributed by atoms with Gasteiger partial charge in [-0.25, -0.2) is 4.85 Å². The molecule has 0 atom stereocenters. The van der Waals surface area contributed by atoms with Crippen LogP contribution in [0.1, 0.15) is 0 Å². The third kappa shape index (κ3) is 2.01. The van der Waals surface area contributed by atoms with Crippen molar-refractivity contribution in [2.24, 2.45) is 0 Å². The second-order valence-electron chi connectivity index (χ2n) is 3.14. The fraction of sp³-hybridized carbons (Fsp3) is 0. The van der Waals surface area contributed by atoms with Gasteiger partial charge in [0, 0.05) is 5.02 Å². The van der Waals surface area contributed by atoms with Crippen molar-refractivity contribution in [3.8, 4) is 11.1 Å². The van der Waals surface area contributed by atoms with Crippen molar-refractivity contribution >= 4 is 17.3 Å². The van der Waals surface area contributed by atoms with Crippen LogP contribution in [0.25, 0.3) is 16.0 Å². The van der Waals surface area contributed by atoms with Crippen LogP contribution in [0.2, 0.25) is 5.02 Å². The minimum absolute atomic E-state index is 0.591. The molecule has 0 amide bonds. The van der Waals surface area contributed by atoms with E-state index < -0.39 is 0 Å². The first-order valence-electron chi connectivity index (χ1n) is 4.53. The molecule has 2 rings (SSSR count). The first-order chi connectivity index (χ1) is 7.31. The zero-order valence-electron chi connectivity index (χ0n) is 7.94. The van der Waals surface area contributed by atoms with Crippen molar-refractivity contribution in [2.45, 2.75) is 0 Å². The highest BCUT2D eigenvalue weighted by atomic mass is 35.5. The molecular formula is C13H8ClN. The summed E-state index contributed by atoms with van der Waals surface area (Å²) in [5, 5.41) is 0.598. The lowest BCUT2D eigenvalue weighted by Gasteiger charge is -2.04. The van der Waals surface area contributed by atoms with Crippen LogP contribution in [0.5, 0.6) is 0 Å². The average molecular weight is 214 g/mol. The van der Waals surface area contributed by atoms with Crippen molar-refractivity contribution < 1.29 is 0 Å². The van der Waals surface area contributed by atoms with Crippen molar-refractivity contribution in [2.75, 3.05) is 0 Å². The quantitative estimate of drug-likeness (QED) is 0.612. The van der Waals surface area contributed by atoms with E-state index in [4.69, 9.17) is 18.2 Å². The minimum Gasteiger partial charge on any atom is -0.237 e. The van der Waals surface area contributed by atoms with Crippen LogP contribution in [-0.4, -0.2) is 0 Å². The Hall–Kier alpha value is -1.78. The molecule has 0 bridgehead atoms. The van der Waals surface area contributed by atoms with Gasteiger partial charge in [-0.1, -0.05) is 48.0 Å². The van der Waals surface area contributed by atoms with Gasteiger partial charge in [-0.2, -0.15) is 0 Å². The maximum Gasteiger partial charge on any atom is 0.196 e. The van der Waals surface area contributed by atoms with Crippen LogP contribution in [0.4, 0.5) is 5.69 Å². The van der Waals surface area contributed by atoms with Gasteiger partial charge < -0.3 is 0 Å². The molecule has 15 heavy (non-hydrogen) atoms. The Labute approximate surface area is 93.8 Å². The second-order valence-corrected chi connectivity index (χ2v) is 3.58. The molecule has 0 aliphatic carbocycles. The highest BCUT2D eigenvalue weighted by Gasteiger charge is 2.04. The van der Waals surface area contributed by atoms with Crippen LogP contribution >= 0.6 is 11.6 Å². The summed E-state index contributed by atoms with van der Waals surface area (Å²) < 4.78 is 0. The van der Waals surface area contributed by atoms with Crippen LogP contribution in [0, 0.1) is 6.57 Å². The average Bonchev–Trinajstić information content (AvgIpc) is 2.30. The fourth-order valence-corrected chi connectivity index (χ4v) is 1.63. The molecule has 1 nitrogen and oxygen atoms in total. The fourth-order valence-electron chi connectivity index (χ4n) is 1.46. The standard InChI is InChI=1S/C13H8ClN/c1-15-13-9-11(14)7-8-12(13)10-5-3-2-4-6-10/h2-9H. The number of hydrogen-bond acceptors (Lipinski definition) is 0. The predicted molar refractivity (Wildman–Crippen MR) is 63.2 cm³/mol. The lowest BCUT2D eigenvalue weighted by atomic mass is 10.0. The lowest BCUT2D eigenvalue weighted by Crippen LogP contribution is -1.77. The third-order valence-electron chi connectivity index (χ3n) is 2.17. The molecule has 0 radical (unpaired) electrons. The maximum atomic E-state index is 7.10. The van der Waals surface area contributed by atoms with Gasteiger partial charge in [0.1, 0.15) is 0 Å². The van der Waals surface area contributed by atoms with E-state index in [0.29, 0.717) is 10.7 Å². The minimum atomic E-state index is 0.591. The third-order valence-corrected chi connectivity index (χ3v) is 2.40. The highest BCUT2D eigenvalue weighted by molar-refractivity contribution is 6.31. The molecule has 0 aliphatic heterocycles. The summed E-state index contributed by atoms with van der Waals surface area (Å²) in [6.07, 6.45) is 0. The van der Waals surface area contributed by atoms with Gasteiger partial charge in [0.25, 0.3) is 0 Å². The molecule has 0 saturated carbocycles. The van der Waals surface area contributed by atoms with Crippen LogP contribution < -0.4 is 0 Å². The largest absolute Gasteiger partial charge is 0.237 e. The summed E-state index contributed by atoms with van der Waals surface area (Å²) in [6.45, 7) is 7.10. The molecule has 0 fully saturated rings.